The van der Waals surface area contributed by atoms with Crippen molar-refractivity contribution in [3.63, 3.8) is 0 Å². The first-order chi connectivity index (χ1) is 7.65. The van der Waals surface area contributed by atoms with Crippen LogP contribution >= 0.6 is 0 Å². The fraction of sp³-hybridized carbons (Fsp3) is 0.667. The van der Waals surface area contributed by atoms with E-state index in [9.17, 15) is 0 Å². The van der Waals surface area contributed by atoms with Gasteiger partial charge in [-0.2, -0.15) is 0 Å². The minimum absolute atomic E-state index is 0.643. The van der Waals surface area contributed by atoms with Gasteiger partial charge < -0.3 is 4.90 Å². The molecule has 0 aliphatic carbocycles. The smallest absolute Gasteiger partial charge is 0.150 e. The third-order valence-corrected chi connectivity index (χ3v) is 3.84. The van der Waals surface area contributed by atoms with Gasteiger partial charge in [0.2, 0.25) is 0 Å². The van der Waals surface area contributed by atoms with Crippen LogP contribution in [0.1, 0.15) is 17.8 Å². The van der Waals surface area contributed by atoms with E-state index in [0.29, 0.717) is 12.1 Å². The van der Waals surface area contributed by atoms with Crippen molar-refractivity contribution in [1.29, 1.82) is 0 Å². The van der Waals surface area contributed by atoms with E-state index >= 15 is 0 Å². The number of hydrogen-bond acceptors (Lipinski definition) is 4. The number of rotatable bonds is 1. The van der Waals surface area contributed by atoms with Gasteiger partial charge in [0, 0.05) is 31.4 Å². The van der Waals surface area contributed by atoms with Crippen molar-refractivity contribution in [3.8, 4) is 0 Å². The Labute approximate surface area is 96.3 Å². The van der Waals surface area contributed by atoms with Crippen molar-refractivity contribution >= 4 is 5.82 Å². The molecule has 4 heteroatoms. The zero-order chi connectivity index (χ0) is 11.3. The lowest BCUT2D eigenvalue weighted by Gasteiger charge is -2.33. The molecule has 0 aromatic carbocycles. The van der Waals surface area contributed by atoms with Crippen LogP contribution in [0.4, 0.5) is 5.82 Å². The third kappa shape index (κ3) is 1.40. The minimum Gasteiger partial charge on any atom is -0.349 e. The molecule has 2 atom stereocenters. The Kier molecular flexibility index (Phi) is 2.14. The monoisotopic (exact) mass is 218 g/mol. The van der Waals surface area contributed by atoms with Crippen LogP contribution in [0.2, 0.25) is 0 Å². The molecule has 1 unspecified atom stereocenters. The van der Waals surface area contributed by atoms with E-state index in [1.165, 1.54) is 13.0 Å². The van der Waals surface area contributed by atoms with Crippen molar-refractivity contribution < 1.29 is 0 Å². The van der Waals surface area contributed by atoms with Gasteiger partial charge in [0.25, 0.3) is 0 Å². The summed E-state index contributed by atoms with van der Waals surface area (Å²) in [6.45, 7) is 6.34. The summed E-state index contributed by atoms with van der Waals surface area (Å²) in [7, 11) is 2.22. The van der Waals surface area contributed by atoms with Crippen molar-refractivity contribution in [2.45, 2.75) is 32.4 Å². The maximum absolute atomic E-state index is 4.64. The molecule has 2 aliphatic rings. The van der Waals surface area contributed by atoms with Crippen LogP contribution in [0.5, 0.6) is 0 Å². The molecule has 3 rings (SSSR count). The normalized spacial score (nSPS) is 29.1. The van der Waals surface area contributed by atoms with Crippen molar-refractivity contribution in [2.75, 3.05) is 25.0 Å². The quantitative estimate of drug-likeness (QED) is 0.703. The second kappa shape index (κ2) is 3.42. The van der Waals surface area contributed by atoms with Crippen LogP contribution in [-0.4, -0.2) is 47.1 Å². The van der Waals surface area contributed by atoms with E-state index in [-0.39, 0.29) is 0 Å². The predicted molar refractivity (Wildman–Crippen MR) is 63.7 cm³/mol. The second-order valence-electron chi connectivity index (χ2n) is 5.06. The molecule has 3 heterocycles. The molecule has 0 spiro atoms. The van der Waals surface area contributed by atoms with Gasteiger partial charge in [0.1, 0.15) is 0 Å². The summed E-state index contributed by atoms with van der Waals surface area (Å²) in [5.41, 5.74) is 2.07. The number of hydrogen-bond donors (Lipinski definition) is 0. The number of aromatic nitrogens is 2. The van der Waals surface area contributed by atoms with Crippen LogP contribution < -0.4 is 4.90 Å². The van der Waals surface area contributed by atoms with E-state index in [1.807, 2.05) is 13.1 Å². The Morgan fingerprint density at radius 3 is 2.69 bits per heavy atom. The fourth-order valence-corrected chi connectivity index (χ4v) is 2.92. The molecule has 2 aliphatic heterocycles. The molecule has 16 heavy (non-hydrogen) atoms. The number of likely N-dealkylation sites (N-methyl/N-ethyl adjacent to an activating group) is 1. The lowest BCUT2D eigenvalue weighted by Crippen LogP contribution is -2.45. The van der Waals surface area contributed by atoms with Crippen molar-refractivity contribution in [3.05, 3.63) is 17.6 Å². The summed E-state index contributed by atoms with van der Waals surface area (Å²) >= 11 is 0. The number of nitrogens with zero attached hydrogens (tertiary/aromatic N) is 4. The van der Waals surface area contributed by atoms with Gasteiger partial charge >= 0.3 is 0 Å². The number of piperazine rings is 1. The summed E-state index contributed by atoms with van der Waals surface area (Å²) in [4.78, 5) is 14.0. The second-order valence-corrected chi connectivity index (χ2v) is 5.06. The SMILES string of the molecule is Cc1cnc(C)c(N2CC3C[C@H]2CN3C)n1. The fourth-order valence-electron chi connectivity index (χ4n) is 2.92. The van der Waals surface area contributed by atoms with Gasteiger partial charge in [0.15, 0.2) is 5.82 Å². The molecule has 0 amide bonds. The lowest BCUT2D eigenvalue weighted by atomic mass is 10.2. The Balaban J connectivity index is 1.92. The zero-order valence-corrected chi connectivity index (χ0v) is 10.1. The van der Waals surface area contributed by atoms with Crippen molar-refractivity contribution in [2.24, 2.45) is 0 Å². The maximum atomic E-state index is 4.64. The average molecular weight is 218 g/mol. The van der Waals surface area contributed by atoms with Gasteiger partial charge in [-0.1, -0.05) is 0 Å². The van der Waals surface area contributed by atoms with Gasteiger partial charge in [-0.05, 0) is 27.3 Å². The van der Waals surface area contributed by atoms with E-state index in [0.717, 1.165) is 23.8 Å². The Morgan fingerprint density at radius 1 is 1.25 bits per heavy atom. The largest absolute Gasteiger partial charge is 0.349 e. The molecule has 2 bridgehead atoms. The maximum Gasteiger partial charge on any atom is 0.150 e. The summed E-state index contributed by atoms with van der Waals surface area (Å²) in [6, 6.07) is 1.36. The highest BCUT2D eigenvalue weighted by molar-refractivity contribution is 5.47. The van der Waals surface area contributed by atoms with Gasteiger partial charge in [-0.15, -0.1) is 0 Å². The molecule has 2 saturated heterocycles. The van der Waals surface area contributed by atoms with Crippen LogP contribution in [0.25, 0.3) is 0 Å². The van der Waals surface area contributed by atoms with Gasteiger partial charge in [-0.3, -0.25) is 9.88 Å². The standard InChI is InChI=1S/C12H18N4/c1-8-5-13-9(2)12(14-8)16-7-10-4-11(16)6-15(10)3/h5,10-11H,4,6-7H2,1-3H3/t10?,11-/m0/s1. The Bertz CT molecular complexity index is 415. The number of anilines is 1. The lowest BCUT2D eigenvalue weighted by molar-refractivity contribution is 0.292. The molecule has 1 aromatic heterocycles. The molecule has 0 N–H and O–H groups in total. The van der Waals surface area contributed by atoms with Crippen LogP contribution in [0.15, 0.2) is 6.20 Å². The van der Waals surface area contributed by atoms with E-state index < -0.39 is 0 Å². The number of fused-ring (bicyclic) bond motifs is 2. The Morgan fingerprint density at radius 2 is 2.06 bits per heavy atom. The third-order valence-electron chi connectivity index (χ3n) is 3.84. The minimum atomic E-state index is 0.643. The van der Waals surface area contributed by atoms with Gasteiger partial charge in [-0.25, -0.2) is 4.98 Å². The molecule has 86 valence electrons. The van der Waals surface area contributed by atoms with Crippen LogP contribution in [-0.2, 0) is 0 Å². The van der Waals surface area contributed by atoms with E-state index in [4.69, 9.17) is 0 Å². The van der Waals surface area contributed by atoms with E-state index in [1.54, 1.807) is 0 Å². The number of aryl methyl sites for hydroxylation is 2. The molecule has 2 fully saturated rings. The molecular formula is C12H18N4. The molecule has 0 saturated carbocycles. The number of likely N-dealkylation sites (tertiary alicyclic amines) is 1. The summed E-state index contributed by atoms with van der Waals surface area (Å²) < 4.78 is 0. The zero-order valence-electron chi connectivity index (χ0n) is 10.1. The Hall–Kier alpha value is -1.16. The highest BCUT2D eigenvalue weighted by Crippen LogP contribution is 2.33. The highest BCUT2D eigenvalue weighted by Gasteiger charge is 2.42. The summed E-state index contributed by atoms with van der Waals surface area (Å²) in [5.74, 6) is 1.10. The topological polar surface area (TPSA) is 32.3 Å². The van der Waals surface area contributed by atoms with Gasteiger partial charge in [0.05, 0.1) is 11.4 Å². The molecule has 4 nitrogen and oxygen atoms in total. The molecular weight excluding hydrogens is 200 g/mol. The van der Waals surface area contributed by atoms with Crippen molar-refractivity contribution in [1.82, 2.24) is 14.9 Å². The van der Waals surface area contributed by atoms with Crippen LogP contribution in [0.3, 0.4) is 0 Å². The summed E-state index contributed by atoms with van der Waals surface area (Å²) in [5, 5.41) is 0. The first-order valence-electron chi connectivity index (χ1n) is 5.92. The highest BCUT2D eigenvalue weighted by atomic mass is 15.4. The van der Waals surface area contributed by atoms with Crippen LogP contribution in [0, 0.1) is 13.8 Å². The predicted octanol–water partition coefficient (Wildman–Crippen LogP) is 0.986. The molecule has 1 aromatic rings. The first kappa shape index (κ1) is 10.0. The van der Waals surface area contributed by atoms with E-state index in [2.05, 4.69) is 33.7 Å². The first-order valence-corrected chi connectivity index (χ1v) is 5.92. The average Bonchev–Trinajstić information content (AvgIpc) is 2.80. The summed E-state index contributed by atoms with van der Waals surface area (Å²) in [6.07, 6.45) is 3.13. The molecule has 0 radical (unpaired) electrons.